The van der Waals surface area contributed by atoms with Gasteiger partial charge in [-0.1, -0.05) is 188 Å². The van der Waals surface area contributed by atoms with Gasteiger partial charge in [0.1, 0.15) is 5.58 Å². The number of anilines is 3. The Balaban J connectivity index is 0.906. The highest BCUT2D eigenvalue weighted by Crippen LogP contribution is 2.64. The van der Waals surface area contributed by atoms with E-state index >= 15 is 0 Å². The maximum absolute atomic E-state index is 6.77. The van der Waals surface area contributed by atoms with Gasteiger partial charge in [-0.25, -0.2) is 0 Å². The lowest BCUT2D eigenvalue weighted by Crippen LogP contribution is -2.25. The highest BCUT2D eigenvalue weighted by atomic mass is 16.3. The monoisotopic (exact) mass is 979 g/mol. The molecule has 0 aliphatic heterocycles. The number of benzene rings is 12. The molecule has 3 heterocycles. The van der Waals surface area contributed by atoms with E-state index in [1.807, 2.05) is 6.07 Å². The molecule has 0 fully saturated rings. The van der Waals surface area contributed by atoms with Gasteiger partial charge in [0, 0.05) is 55.1 Å². The van der Waals surface area contributed by atoms with Crippen LogP contribution in [0.2, 0.25) is 0 Å². The van der Waals surface area contributed by atoms with Crippen LogP contribution in [0.5, 0.6) is 0 Å². The van der Waals surface area contributed by atoms with Crippen LogP contribution in [0, 0.1) is 0 Å². The van der Waals surface area contributed by atoms with E-state index in [0.717, 1.165) is 61.4 Å². The molecule has 12 aromatic carbocycles. The van der Waals surface area contributed by atoms with E-state index in [1.165, 1.54) is 88.2 Å². The second kappa shape index (κ2) is 15.9. The van der Waals surface area contributed by atoms with Gasteiger partial charge in [-0.05, 0) is 141 Å². The van der Waals surface area contributed by atoms with E-state index in [1.54, 1.807) is 0 Å². The number of furan rings is 1. The first-order chi connectivity index (χ1) is 38.2. The molecule has 3 aromatic heterocycles. The van der Waals surface area contributed by atoms with Crippen molar-refractivity contribution >= 4 is 82.6 Å². The second-order valence-corrected chi connectivity index (χ2v) is 20.7. The Kier molecular flexibility index (Phi) is 8.73. The normalized spacial score (nSPS) is 13.0. The molecule has 0 saturated heterocycles. The molecule has 2 aliphatic carbocycles. The Bertz CT molecular complexity index is 4880. The molecule has 4 nitrogen and oxygen atoms in total. The third-order valence-corrected chi connectivity index (χ3v) is 16.9. The van der Waals surface area contributed by atoms with Crippen molar-refractivity contribution in [2.75, 3.05) is 4.90 Å². The highest BCUT2D eigenvalue weighted by molar-refractivity contribution is 6.20. The highest BCUT2D eigenvalue weighted by Gasteiger charge is 2.52. The summed E-state index contributed by atoms with van der Waals surface area (Å²) in [6.45, 7) is 0. The predicted octanol–water partition coefficient (Wildman–Crippen LogP) is 19.3. The van der Waals surface area contributed by atoms with Crippen molar-refractivity contribution in [3.05, 3.63) is 295 Å². The van der Waals surface area contributed by atoms with E-state index in [9.17, 15) is 0 Å². The number of aromatic nitrogens is 2. The van der Waals surface area contributed by atoms with Crippen molar-refractivity contribution in [3.8, 4) is 44.8 Å². The zero-order chi connectivity index (χ0) is 50.3. The second-order valence-electron chi connectivity index (χ2n) is 20.7. The molecule has 0 saturated carbocycles. The zero-order valence-electron chi connectivity index (χ0n) is 41.7. The lowest BCUT2D eigenvalue weighted by Gasteiger charge is -2.30. The van der Waals surface area contributed by atoms with Gasteiger partial charge in [-0.2, -0.15) is 0 Å². The van der Waals surface area contributed by atoms with Gasteiger partial charge in [0.25, 0.3) is 0 Å². The molecule has 0 atom stereocenters. The Morgan fingerprint density at radius 3 is 1.66 bits per heavy atom. The fourth-order valence-electron chi connectivity index (χ4n) is 13.8. The van der Waals surface area contributed by atoms with Crippen molar-refractivity contribution in [2.24, 2.45) is 0 Å². The first-order valence-corrected chi connectivity index (χ1v) is 26.6. The maximum atomic E-state index is 6.77. The van der Waals surface area contributed by atoms with Gasteiger partial charge in [-0.3, -0.25) is 0 Å². The van der Waals surface area contributed by atoms with Crippen molar-refractivity contribution in [1.82, 2.24) is 9.13 Å². The minimum absolute atomic E-state index is 0.454. The molecular formula is C73H45N3O. The fraction of sp³-hybridized carbons (Fsp3) is 0.0137. The maximum Gasteiger partial charge on any atom is 0.159 e. The summed E-state index contributed by atoms with van der Waals surface area (Å²) in [4.78, 5) is 2.36. The van der Waals surface area contributed by atoms with Crippen LogP contribution < -0.4 is 4.90 Å². The van der Waals surface area contributed by atoms with Crippen LogP contribution in [-0.4, -0.2) is 9.13 Å². The van der Waals surface area contributed by atoms with Crippen molar-refractivity contribution in [1.29, 1.82) is 0 Å². The number of rotatable bonds is 6. The summed E-state index contributed by atoms with van der Waals surface area (Å²) in [5.74, 6) is 0. The Morgan fingerprint density at radius 1 is 0.325 bits per heavy atom. The summed E-state index contributed by atoms with van der Waals surface area (Å²) in [6.07, 6.45) is 0. The molecule has 77 heavy (non-hydrogen) atoms. The lowest BCUT2D eigenvalue weighted by atomic mass is 9.70. The van der Waals surface area contributed by atoms with Gasteiger partial charge in [-0.15, -0.1) is 0 Å². The fourth-order valence-corrected chi connectivity index (χ4v) is 13.8. The first kappa shape index (κ1) is 42.2. The van der Waals surface area contributed by atoms with Gasteiger partial charge in [0.15, 0.2) is 5.58 Å². The summed E-state index contributed by atoms with van der Waals surface area (Å²) < 4.78 is 11.7. The third kappa shape index (κ3) is 5.76. The van der Waals surface area contributed by atoms with Crippen LogP contribution in [0.25, 0.3) is 110 Å². The molecule has 1 spiro atoms. The topological polar surface area (TPSA) is 26.2 Å². The molecule has 0 radical (unpaired) electrons. The minimum atomic E-state index is -0.454. The van der Waals surface area contributed by atoms with Gasteiger partial charge < -0.3 is 18.5 Å². The van der Waals surface area contributed by atoms with E-state index in [4.69, 9.17) is 4.42 Å². The Morgan fingerprint density at radius 2 is 0.883 bits per heavy atom. The molecule has 15 aromatic rings. The van der Waals surface area contributed by atoms with Crippen molar-refractivity contribution in [3.63, 3.8) is 0 Å². The zero-order valence-corrected chi connectivity index (χ0v) is 41.7. The largest absolute Gasteiger partial charge is 0.454 e. The Labute approximate surface area is 444 Å². The third-order valence-electron chi connectivity index (χ3n) is 16.9. The van der Waals surface area contributed by atoms with Crippen LogP contribution in [0.4, 0.5) is 17.1 Å². The van der Waals surface area contributed by atoms with Crippen LogP contribution in [-0.2, 0) is 5.41 Å². The smallest absolute Gasteiger partial charge is 0.159 e. The van der Waals surface area contributed by atoms with Crippen LogP contribution >= 0.6 is 0 Å². The van der Waals surface area contributed by atoms with E-state index in [-0.39, 0.29) is 0 Å². The molecule has 0 unspecified atom stereocenters. The van der Waals surface area contributed by atoms with Crippen LogP contribution in [0.15, 0.2) is 277 Å². The van der Waals surface area contributed by atoms with Gasteiger partial charge >= 0.3 is 0 Å². The number of fused-ring (bicyclic) bond motifs is 20. The van der Waals surface area contributed by atoms with Crippen molar-refractivity contribution < 1.29 is 4.42 Å². The predicted molar refractivity (Wildman–Crippen MR) is 319 cm³/mol. The average Bonchev–Trinajstić information content (AvgIpc) is 4.45. The molecule has 358 valence electrons. The van der Waals surface area contributed by atoms with E-state index in [2.05, 4.69) is 281 Å². The summed E-state index contributed by atoms with van der Waals surface area (Å²) in [6, 6.07) is 100. The van der Waals surface area contributed by atoms with Crippen molar-refractivity contribution in [2.45, 2.75) is 5.41 Å². The summed E-state index contributed by atoms with van der Waals surface area (Å²) in [5.41, 5.74) is 24.2. The number of hydrogen-bond acceptors (Lipinski definition) is 2. The van der Waals surface area contributed by atoms with Crippen LogP contribution in [0.1, 0.15) is 22.3 Å². The molecule has 2 aliphatic rings. The molecule has 0 N–H and O–H groups in total. The molecule has 0 amide bonds. The first-order valence-electron chi connectivity index (χ1n) is 26.6. The van der Waals surface area contributed by atoms with E-state index in [0.29, 0.717) is 0 Å². The number of hydrogen-bond donors (Lipinski definition) is 0. The van der Waals surface area contributed by atoms with E-state index < -0.39 is 5.41 Å². The van der Waals surface area contributed by atoms with Gasteiger partial charge in [0.2, 0.25) is 0 Å². The summed E-state index contributed by atoms with van der Waals surface area (Å²) in [7, 11) is 0. The SMILES string of the molecule is c1ccc(-c2ccc(N(c3ccc4c(c3)c3ccccc3n4-c3ccc4c(c3)c3c5c(ccc3n4-c3ccccc3)C3(c4ccccc4-c4ccccc43)c3ccccc3-5)c3cccc4c3oc3ccccc34)cc2)cc1. The molecule has 4 heteroatoms. The minimum Gasteiger partial charge on any atom is -0.454 e. The average molecular weight is 980 g/mol. The lowest BCUT2D eigenvalue weighted by molar-refractivity contribution is 0.669. The summed E-state index contributed by atoms with van der Waals surface area (Å²) in [5, 5.41) is 7.04. The molecular weight excluding hydrogens is 935 g/mol. The van der Waals surface area contributed by atoms with Gasteiger partial charge in [0.05, 0.1) is 33.2 Å². The number of nitrogens with zero attached hydrogens (tertiary/aromatic N) is 3. The van der Waals surface area contributed by atoms with Crippen LogP contribution in [0.3, 0.4) is 0 Å². The Hall–Kier alpha value is -10.2. The molecule has 0 bridgehead atoms. The summed E-state index contributed by atoms with van der Waals surface area (Å²) >= 11 is 0. The standard InChI is InChI=1S/C73H45N3O/c1-3-18-46(19-4-1)47-34-36-49(37-35-47)74(68-32-17-27-56-55-25-11-16-33-69(55)77-72(56)68)50-38-41-65-58(44-50)54-24-10-15-31-64(54)76(65)51-39-42-66-59(45-51)71-67(75(66)48-20-5-2-6-21-48)43-40-63-70(71)57-26-9-14-30-62(57)73(63)60-28-12-7-22-52(60)53-23-8-13-29-61(53)73/h1-45H. The molecule has 17 rings (SSSR count). The number of para-hydroxylation sites is 4. The quantitative estimate of drug-likeness (QED) is 0.166.